The summed E-state index contributed by atoms with van der Waals surface area (Å²) in [5, 5.41) is 10.2. The molecule has 1 heteroatoms. The van der Waals surface area contributed by atoms with E-state index in [1.165, 1.54) is 50.5 Å². The Morgan fingerprint density at radius 3 is 2.73 bits per heavy atom. The zero-order chi connectivity index (χ0) is 15.5. The van der Waals surface area contributed by atoms with Crippen molar-refractivity contribution in [2.75, 3.05) is 0 Å². The molecule has 22 heavy (non-hydrogen) atoms. The first-order valence-electron chi connectivity index (χ1n) is 9.52. The molecule has 4 rings (SSSR count). The molecular weight excluding hydrogens is 268 g/mol. The highest BCUT2D eigenvalue weighted by molar-refractivity contribution is 5.28. The molecule has 0 bridgehead atoms. The number of rotatable bonds is 1. The van der Waals surface area contributed by atoms with Crippen molar-refractivity contribution in [2.24, 2.45) is 34.5 Å². The number of aliphatic hydroxyl groups excluding tert-OH is 1. The maximum absolute atomic E-state index is 10.2. The maximum Gasteiger partial charge on any atom is 0.0727 e. The third-order valence-electron chi connectivity index (χ3n) is 8.25. The van der Waals surface area contributed by atoms with Gasteiger partial charge in [-0.05, 0) is 91.9 Å². The van der Waals surface area contributed by atoms with E-state index < -0.39 is 0 Å². The van der Waals surface area contributed by atoms with Crippen LogP contribution in [-0.2, 0) is 0 Å². The van der Waals surface area contributed by atoms with Gasteiger partial charge in [0, 0.05) is 0 Å². The highest BCUT2D eigenvalue weighted by Gasteiger charge is 2.57. The maximum atomic E-state index is 10.2. The molecule has 2 unspecified atom stereocenters. The molecular formula is C21H32O. The summed E-state index contributed by atoms with van der Waals surface area (Å²) in [5.41, 5.74) is 2.18. The Kier molecular flexibility index (Phi) is 3.39. The first-order valence-corrected chi connectivity index (χ1v) is 9.52. The lowest BCUT2D eigenvalue weighted by Crippen LogP contribution is -2.52. The first kappa shape index (κ1) is 15.0. The predicted molar refractivity (Wildman–Crippen MR) is 91.4 cm³/mol. The van der Waals surface area contributed by atoms with E-state index in [-0.39, 0.29) is 11.5 Å². The van der Waals surface area contributed by atoms with Crippen molar-refractivity contribution in [3.05, 3.63) is 23.8 Å². The van der Waals surface area contributed by atoms with Gasteiger partial charge in [-0.1, -0.05) is 32.1 Å². The molecule has 0 spiro atoms. The van der Waals surface area contributed by atoms with E-state index >= 15 is 0 Å². The minimum absolute atomic E-state index is 0.254. The molecule has 0 aromatic heterocycles. The molecule has 2 fully saturated rings. The van der Waals surface area contributed by atoms with E-state index in [2.05, 4.69) is 32.1 Å². The van der Waals surface area contributed by atoms with Crippen LogP contribution < -0.4 is 0 Å². The van der Waals surface area contributed by atoms with Crippen LogP contribution >= 0.6 is 0 Å². The Hall–Kier alpha value is -0.560. The lowest BCUT2D eigenvalue weighted by atomic mass is 9.45. The van der Waals surface area contributed by atoms with Gasteiger partial charge in [-0.25, -0.2) is 0 Å². The molecule has 4 aliphatic rings. The van der Waals surface area contributed by atoms with Gasteiger partial charge in [0.15, 0.2) is 0 Å². The third-order valence-corrected chi connectivity index (χ3v) is 8.25. The lowest BCUT2D eigenvalue weighted by Gasteiger charge is -2.59. The summed E-state index contributed by atoms with van der Waals surface area (Å²) in [6.07, 6.45) is 16.5. The highest BCUT2D eigenvalue weighted by atomic mass is 16.3. The second kappa shape index (κ2) is 4.97. The predicted octanol–water partition coefficient (Wildman–Crippen LogP) is 5.11. The fraction of sp³-hybridized carbons (Fsp3) is 0.810. The molecule has 0 aromatic rings. The van der Waals surface area contributed by atoms with Crippen LogP contribution in [0.3, 0.4) is 0 Å². The molecule has 122 valence electrons. The molecule has 0 saturated heterocycles. The van der Waals surface area contributed by atoms with E-state index in [1.54, 1.807) is 0 Å². The summed E-state index contributed by atoms with van der Waals surface area (Å²) in [7, 11) is 0. The van der Waals surface area contributed by atoms with Gasteiger partial charge >= 0.3 is 0 Å². The minimum atomic E-state index is -0.254. The van der Waals surface area contributed by atoms with E-state index in [0.29, 0.717) is 5.41 Å². The van der Waals surface area contributed by atoms with Gasteiger partial charge in [0.05, 0.1) is 6.10 Å². The van der Waals surface area contributed by atoms with Crippen molar-refractivity contribution >= 4 is 0 Å². The highest BCUT2D eigenvalue weighted by Crippen LogP contribution is 2.65. The van der Waals surface area contributed by atoms with Crippen LogP contribution in [0.4, 0.5) is 0 Å². The van der Waals surface area contributed by atoms with Gasteiger partial charge in [-0.2, -0.15) is 0 Å². The second-order valence-electron chi connectivity index (χ2n) is 9.06. The monoisotopic (exact) mass is 300 g/mol. The minimum Gasteiger partial charge on any atom is -0.389 e. The Balaban J connectivity index is 1.65. The zero-order valence-corrected chi connectivity index (χ0v) is 14.5. The van der Waals surface area contributed by atoms with Crippen molar-refractivity contribution in [1.82, 2.24) is 0 Å². The van der Waals surface area contributed by atoms with Gasteiger partial charge in [-0.15, -0.1) is 0 Å². The quantitative estimate of drug-likeness (QED) is 0.667. The van der Waals surface area contributed by atoms with E-state index in [9.17, 15) is 5.11 Å². The SMILES string of the molecule is CC(O)C1=CC[C@H]2[C@@H]3CCC4C=CCC[C@]4(C)[C@H]3CC[C@]12C. The van der Waals surface area contributed by atoms with Crippen LogP contribution in [0, 0.1) is 34.5 Å². The number of allylic oxidation sites excluding steroid dienone is 3. The van der Waals surface area contributed by atoms with Gasteiger partial charge in [-0.3, -0.25) is 0 Å². The number of hydrogen-bond acceptors (Lipinski definition) is 1. The van der Waals surface area contributed by atoms with E-state index in [0.717, 1.165) is 23.7 Å². The number of fused-ring (bicyclic) bond motifs is 5. The van der Waals surface area contributed by atoms with Crippen molar-refractivity contribution in [2.45, 2.75) is 71.8 Å². The summed E-state index contributed by atoms with van der Waals surface area (Å²) in [5.74, 6) is 3.42. The molecule has 7 atom stereocenters. The molecule has 0 amide bonds. The summed E-state index contributed by atoms with van der Waals surface area (Å²) in [4.78, 5) is 0. The number of aliphatic hydroxyl groups is 1. The van der Waals surface area contributed by atoms with Crippen molar-refractivity contribution in [3.8, 4) is 0 Å². The van der Waals surface area contributed by atoms with Crippen LogP contribution in [0.1, 0.15) is 65.7 Å². The summed E-state index contributed by atoms with van der Waals surface area (Å²) in [6.45, 7) is 7.02. The van der Waals surface area contributed by atoms with Crippen molar-refractivity contribution < 1.29 is 5.11 Å². The third kappa shape index (κ3) is 1.87. The van der Waals surface area contributed by atoms with E-state index in [4.69, 9.17) is 0 Å². The average molecular weight is 300 g/mol. The van der Waals surface area contributed by atoms with Crippen LogP contribution in [0.15, 0.2) is 23.8 Å². The fourth-order valence-corrected chi connectivity index (χ4v) is 7.08. The second-order valence-corrected chi connectivity index (χ2v) is 9.06. The van der Waals surface area contributed by atoms with Gasteiger partial charge < -0.3 is 5.11 Å². The van der Waals surface area contributed by atoms with Crippen LogP contribution in [0.25, 0.3) is 0 Å². The first-order chi connectivity index (χ1) is 10.5. The smallest absolute Gasteiger partial charge is 0.0727 e. The Morgan fingerprint density at radius 1 is 1.14 bits per heavy atom. The standard InChI is InChI=1S/C21H32O/c1-14(22)17-9-10-18-16-8-7-15-6-4-5-12-20(15,2)19(16)11-13-21(17,18)3/h4,6,9,14-16,18-19,22H,5,7-8,10-13H2,1-3H3/t14?,15?,16-,18-,19-,20-,21+/m0/s1. The molecule has 1 N–H and O–H groups in total. The molecule has 0 radical (unpaired) electrons. The van der Waals surface area contributed by atoms with Gasteiger partial charge in [0.2, 0.25) is 0 Å². The lowest BCUT2D eigenvalue weighted by molar-refractivity contribution is -0.0787. The average Bonchev–Trinajstić information content (AvgIpc) is 2.84. The topological polar surface area (TPSA) is 20.2 Å². The Bertz CT molecular complexity index is 516. The number of hydrogen-bond donors (Lipinski definition) is 1. The molecule has 1 nitrogen and oxygen atoms in total. The molecule has 4 aliphatic carbocycles. The van der Waals surface area contributed by atoms with E-state index in [1.807, 2.05) is 6.92 Å². The Labute approximate surface area is 135 Å². The Morgan fingerprint density at radius 2 is 1.95 bits per heavy atom. The molecule has 0 aromatic carbocycles. The molecule has 0 aliphatic heterocycles. The fourth-order valence-electron chi connectivity index (χ4n) is 7.08. The zero-order valence-electron chi connectivity index (χ0n) is 14.5. The van der Waals surface area contributed by atoms with Crippen molar-refractivity contribution in [3.63, 3.8) is 0 Å². The summed E-state index contributed by atoms with van der Waals surface area (Å²) in [6, 6.07) is 0. The molecule has 0 heterocycles. The van der Waals surface area contributed by atoms with Gasteiger partial charge in [0.1, 0.15) is 0 Å². The normalized spacial score (nSPS) is 51.5. The van der Waals surface area contributed by atoms with Crippen molar-refractivity contribution in [1.29, 1.82) is 0 Å². The largest absolute Gasteiger partial charge is 0.389 e. The summed E-state index contributed by atoms with van der Waals surface area (Å²) < 4.78 is 0. The van der Waals surface area contributed by atoms with Gasteiger partial charge in [0.25, 0.3) is 0 Å². The van der Waals surface area contributed by atoms with Crippen LogP contribution in [0.5, 0.6) is 0 Å². The molecule has 2 saturated carbocycles. The van der Waals surface area contributed by atoms with Crippen LogP contribution in [-0.4, -0.2) is 11.2 Å². The van der Waals surface area contributed by atoms with Crippen LogP contribution in [0.2, 0.25) is 0 Å². The summed E-state index contributed by atoms with van der Waals surface area (Å²) >= 11 is 0.